The highest BCUT2D eigenvalue weighted by molar-refractivity contribution is 5.35. The van der Waals surface area contributed by atoms with Crippen molar-refractivity contribution in [2.24, 2.45) is 5.16 Å². The van der Waals surface area contributed by atoms with Crippen molar-refractivity contribution in [1.82, 2.24) is 0 Å². The number of nitrogens with zero attached hydrogens (tertiary/aromatic N) is 1. The van der Waals surface area contributed by atoms with Gasteiger partial charge < -0.3 is 4.84 Å². The van der Waals surface area contributed by atoms with Gasteiger partial charge in [-0.15, -0.1) is 0 Å². The third-order valence-electron chi connectivity index (χ3n) is 1.50. The molecule has 1 aliphatic heterocycles. The van der Waals surface area contributed by atoms with E-state index in [0.29, 0.717) is 0 Å². The third-order valence-corrected chi connectivity index (χ3v) is 1.50. The molecule has 2 nitrogen and oxygen atoms in total. The maximum atomic E-state index is 4.83. The second-order valence-electron chi connectivity index (χ2n) is 2.25. The number of fused-ring (bicyclic) bond motifs is 1. The van der Waals surface area contributed by atoms with E-state index in [1.165, 1.54) is 0 Å². The van der Waals surface area contributed by atoms with E-state index in [0.717, 1.165) is 10.6 Å². The smallest absolute Gasteiger partial charge is 0.122 e. The fourth-order valence-corrected chi connectivity index (χ4v) is 0.977. The molecule has 0 fully saturated rings. The predicted octanol–water partition coefficient (Wildman–Crippen LogP) is 0.546. The fourth-order valence-electron chi connectivity index (χ4n) is 0.977. The molecule has 0 N–H and O–H groups in total. The van der Waals surface area contributed by atoms with Gasteiger partial charge in [-0.2, -0.15) is 0 Å². The number of hydrogen-bond acceptors (Lipinski definition) is 2. The molecular formula is C9H7NO. The minimum Gasteiger partial charge on any atom is -0.364 e. The summed E-state index contributed by atoms with van der Waals surface area (Å²) in [5.41, 5.74) is 0. The van der Waals surface area contributed by atoms with Crippen LogP contribution in [0.2, 0.25) is 0 Å². The summed E-state index contributed by atoms with van der Waals surface area (Å²) < 4.78 is 0. The average Bonchev–Trinajstić information content (AvgIpc) is 2.28. The van der Waals surface area contributed by atoms with Crippen LogP contribution in [0.1, 0.15) is 0 Å². The molecule has 0 unspecified atom stereocenters. The van der Waals surface area contributed by atoms with E-state index in [1.807, 2.05) is 36.4 Å². The second-order valence-corrected chi connectivity index (χ2v) is 2.25. The van der Waals surface area contributed by atoms with Gasteiger partial charge in [0.15, 0.2) is 0 Å². The van der Waals surface area contributed by atoms with E-state index in [1.54, 1.807) is 6.26 Å². The Bertz CT molecular complexity index is 392. The van der Waals surface area contributed by atoms with Crippen molar-refractivity contribution in [3.8, 4) is 0 Å². The zero-order valence-corrected chi connectivity index (χ0v) is 5.90. The van der Waals surface area contributed by atoms with Gasteiger partial charge in [-0.25, -0.2) is 0 Å². The van der Waals surface area contributed by atoms with Crippen LogP contribution in [0.4, 0.5) is 0 Å². The van der Waals surface area contributed by atoms with Crippen LogP contribution < -0.4 is 10.6 Å². The lowest BCUT2D eigenvalue weighted by Crippen LogP contribution is -2.23. The second kappa shape index (κ2) is 2.58. The minimum atomic E-state index is 0.873. The van der Waals surface area contributed by atoms with Crippen LogP contribution in [-0.2, 0) is 4.84 Å². The lowest BCUT2D eigenvalue weighted by atomic mass is 10.3. The molecule has 2 heteroatoms. The Hall–Kier alpha value is -1.57. The summed E-state index contributed by atoms with van der Waals surface area (Å²) in [7, 11) is 0. The van der Waals surface area contributed by atoms with Gasteiger partial charge in [0, 0.05) is 5.22 Å². The number of allylic oxidation sites excluding steroid dienone is 1. The quantitative estimate of drug-likeness (QED) is 0.522. The van der Waals surface area contributed by atoms with E-state index >= 15 is 0 Å². The van der Waals surface area contributed by atoms with E-state index in [2.05, 4.69) is 5.16 Å². The summed E-state index contributed by atoms with van der Waals surface area (Å²) in [6.07, 6.45) is 5.35. The first-order valence-electron chi connectivity index (χ1n) is 3.42. The van der Waals surface area contributed by atoms with Crippen molar-refractivity contribution in [2.75, 3.05) is 0 Å². The van der Waals surface area contributed by atoms with Crippen LogP contribution in [0.25, 0.3) is 6.08 Å². The Kier molecular flexibility index (Phi) is 1.44. The molecule has 1 heterocycles. The van der Waals surface area contributed by atoms with E-state index in [-0.39, 0.29) is 0 Å². The molecule has 1 aromatic rings. The van der Waals surface area contributed by atoms with Crippen molar-refractivity contribution in [2.45, 2.75) is 0 Å². The summed E-state index contributed by atoms with van der Waals surface area (Å²) in [6.45, 7) is 0. The topological polar surface area (TPSA) is 21.6 Å². The zero-order chi connectivity index (χ0) is 7.52. The van der Waals surface area contributed by atoms with E-state index < -0.39 is 0 Å². The van der Waals surface area contributed by atoms with E-state index in [4.69, 9.17) is 4.84 Å². The number of hydrogen-bond donors (Lipinski definition) is 0. The van der Waals surface area contributed by atoms with Crippen molar-refractivity contribution < 1.29 is 4.84 Å². The van der Waals surface area contributed by atoms with Gasteiger partial charge in [0.1, 0.15) is 11.6 Å². The molecule has 0 atom stereocenters. The summed E-state index contributed by atoms with van der Waals surface area (Å²) in [4.78, 5) is 4.83. The van der Waals surface area contributed by atoms with Gasteiger partial charge in [0.05, 0.1) is 0 Å². The van der Waals surface area contributed by atoms with Crippen molar-refractivity contribution in [1.29, 1.82) is 0 Å². The molecule has 1 aliphatic rings. The first-order chi connectivity index (χ1) is 5.47. The van der Waals surface area contributed by atoms with Gasteiger partial charge >= 0.3 is 0 Å². The fraction of sp³-hybridized carbons (Fsp3) is 0. The Labute approximate surface area is 64.1 Å². The minimum absolute atomic E-state index is 0.873. The maximum absolute atomic E-state index is 4.83. The van der Waals surface area contributed by atoms with Crippen LogP contribution in [0.5, 0.6) is 0 Å². The molecule has 0 aromatic heterocycles. The summed E-state index contributed by atoms with van der Waals surface area (Å²) in [5, 5.41) is 5.83. The lowest BCUT2D eigenvalue weighted by molar-refractivity contribution is 0.254. The molecule has 0 aliphatic carbocycles. The van der Waals surface area contributed by atoms with Crippen LogP contribution in [-0.4, -0.2) is 0 Å². The molecule has 0 spiro atoms. The van der Waals surface area contributed by atoms with Crippen molar-refractivity contribution in [3.05, 3.63) is 47.2 Å². The highest BCUT2D eigenvalue weighted by Crippen LogP contribution is 1.82. The first kappa shape index (κ1) is 6.16. The highest BCUT2D eigenvalue weighted by Gasteiger charge is 1.86. The van der Waals surface area contributed by atoms with Crippen LogP contribution >= 0.6 is 0 Å². The van der Waals surface area contributed by atoms with Crippen molar-refractivity contribution >= 4 is 6.08 Å². The molecule has 0 radical (unpaired) electrons. The molecule has 0 saturated heterocycles. The molecular weight excluding hydrogens is 138 g/mol. The number of benzene rings is 1. The third kappa shape index (κ3) is 1.15. The van der Waals surface area contributed by atoms with Gasteiger partial charge in [-0.1, -0.05) is 23.4 Å². The van der Waals surface area contributed by atoms with Crippen LogP contribution in [0, 0.1) is 0 Å². The Balaban J connectivity index is 2.81. The molecule has 2 rings (SSSR count). The van der Waals surface area contributed by atoms with Gasteiger partial charge in [-0.3, -0.25) is 0 Å². The predicted molar refractivity (Wildman–Crippen MR) is 41.9 cm³/mol. The summed E-state index contributed by atoms with van der Waals surface area (Å²) in [6, 6.07) is 7.82. The monoisotopic (exact) mass is 145 g/mol. The molecule has 0 saturated carbocycles. The largest absolute Gasteiger partial charge is 0.364 e. The highest BCUT2D eigenvalue weighted by atomic mass is 16.6. The average molecular weight is 145 g/mol. The van der Waals surface area contributed by atoms with Crippen molar-refractivity contribution in [3.63, 3.8) is 0 Å². The summed E-state index contributed by atoms with van der Waals surface area (Å²) in [5.74, 6) is 0. The van der Waals surface area contributed by atoms with Crippen LogP contribution in [0.3, 0.4) is 0 Å². The van der Waals surface area contributed by atoms with Gasteiger partial charge in [0.25, 0.3) is 0 Å². The SMILES string of the molecule is C1=CON=c2ccccc2=C1. The molecule has 0 bridgehead atoms. The molecule has 0 amide bonds. The molecule has 54 valence electrons. The Morgan fingerprint density at radius 2 is 2.09 bits per heavy atom. The Morgan fingerprint density at radius 3 is 3.09 bits per heavy atom. The first-order valence-corrected chi connectivity index (χ1v) is 3.42. The summed E-state index contributed by atoms with van der Waals surface area (Å²) >= 11 is 0. The van der Waals surface area contributed by atoms with E-state index in [9.17, 15) is 0 Å². The van der Waals surface area contributed by atoms with Gasteiger partial charge in [0.2, 0.25) is 0 Å². The maximum Gasteiger partial charge on any atom is 0.122 e. The molecule has 1 aromatic carbocycles. The zero-order valence-electron chi connectivity index (χ0n) is 5.90. The lowest BCUT2D eigenvalue weighted by Gasteiger charge is -1.85. The standard InChI is InChI=1S/C9H7NO/c1-2-6-9-8(4-1)5-3-7-11-10-9/h1-7H. The van der Waals surface area contributed by atoms with Gasteiger partial charge in [-0.05, 0) is 18.2 Å². The number of rotatable bonds is 0. The molecule has 11 heavy (non-hydrogen) atoms. The van der Waals surface area contributed by atoms with Crippen LogP contribution in [0.15, 0.2) is 41.8 Å². The normalized spacial score (nSPS) is 13.5. The Morgan fingerprint density at radius 1 is 1.18 bits per heavy atom.